The Hall–Kier alpha value is -2.33. The molecule has 2 amide bonds. The van der Waals surface area contributed by atoms with Crippen molar-refractivity contribution >= 4 is 29.4 Å². The van der Waals surface area contributed by atoms with Gasteiger partial charge in [0.1, 0.15) is 0 Å². The molecule has 0 aliphatic heterocycles. The molecule has 1 unspecified atom stereocenters. The van der Waals surface area contributed by atoms with Gasteiger partial charge in [-0.3, -0.25) is 24.0 Å². The summed E-state index contributed by atoms with van der Waals surface area (Å²) in [7, 11) is 0. The lowest BCUT2D eigenvalue weighted by Gasteiger charge is -2.21. The van der Waals surface area contributed by atoms with E-state index in [-0.39, 0.29) is 12.8 Å². The van der Waals surface area contributed by atoms with Crippen LogP contribution >= 0.6 is 0 Å². The number of Topliss-reactive ketones (excluding diaryl/α,β-unsaturated/α-hetero) is 2. The largest absolute Gasteiger partial charge is 0.481 e. The Kier molecular flexibility index (Phi) is 9.54. The molecule has 0 rings (SSSR count). The van der Waals surface area contributed by atoms with Crippen LogP contribution in [-0.4, -0.2) is 57.8 Å². The highest BCUT2D eigenvalue weighted by Gasteiger charge is 2.29. The first-order valence-corrected chi connectivity index (χ1v) is 7.73. The van der Waals surface area contributed by atoms with Gasteiger partial charge in [-0.2, -0.15) is 0 Å². The highest BCUT2D eigenvalue weighted by atomic mass is 16.4. The zero-order valence-corrected chi connectivity index (χ0v) is 14.2. The fourth-order valence-electron chi connectivity index (χ4n) is 2.06. The molecule has 4 atom stereocenters. The zero-order valence-electron chi connectivity index (χ0n) is 14.2. The summed E-state index contributed by atoms with van der Waals surface area (Å²) in [6.07, 6.45) is -2.48. The third kappa shape index (κ3) is 8.91. The van der Waals surface area contributed by atoms with Crippen molar-refractivity contribution in [1.29, 1.82) is 0 Å². The maximum Gasteiger partial charge on any atom is 0.303 e. The van der Waals surface area contributed by atoms with Crippen LogP contribution in [0.4, 0.5) is 0 Å². The Balaban J connectivity index is 5.13. The highest BCUT2D eigenvalue weighted by Crippen LogP contribution is 2.15. The van der Waals surface area contributed by atoms with Gasteiger partial charge in [-0.25, -0.2) is 0 Å². The van der Waals surface area contributed by atoms with E-state index in [9.17, 15) is 29.1 Å². The number of aliphatic hydroxyl groups is 1. The van der Waals surface area contributed by atoms with Gasteiger partial charge in [0.2, 0.25) is 11.8 Å². The number of nitrogens with two attached hydrogens (primary N) is 2. The number of hydrogen-bond donors (Lipinski definition) is 5. The van der Waals surface area contributed by atoms with E-state index in [4.69, 9.17) is 16.6 Å². The van der Waals surface area contributed by atoms with Crippen molar-refractivity contribution in [2.45, 2.75) is 57.7 Å². The molecular weight excluding hydrogens is 334 g/mol. The van der Waals surface area contributed by atoms with Crippen LogP contribution in [0.2, 0.25) is 0 Å². The Bertz CT molecular complexity index is 533. The van der Waals surface area contributed by atoms with Crippen molar-refractivity contribution in [2.75, 3.05) is 0 Å². The van der Waals surface area contributed by atoms with Crippen LogP contribution in [0.25, 0.3) is 0 Å². The molecule has 10 heteroatoms. The molecule has 0 bridgehead atoms. The Morgan fingerprint density at radius 2 is 1.68 bits per heavy atom. The summed E-state index contributed by atoms with van der Waals surface area (Å²) in [5.74, 6) is -4.90. The number of carboxylic acid groups (broad SMARTS) is 1. The standard InChI is InChI=1S/C15H25N3O7/c1-7(19)10(6-12(16)22)18-15(25)9(3-4-13(23)24)5-11(21)14(17)8(2)20/h8-10,14,20H,3-6,17H2,1-2H3,(H2,16,22)(H,18,25)(H,23,24)/t8?,9-,10+,14+/m0/s1. The topological polar surface area (TPSA) is 190 Å². The van der Waals surface area contributed by atoms with E-state index in [1.807, 2.05) is 0 Å². The lowest BCUT2D eigenvalue weighted by molar-refractivity contribution is -0.139. The lowest BCUT2D eigenvalue weighted by atomic mass is 9.91. The maximum atomic E-state index is 12.3. The van der Waals surface area contributed by atoms with Gasteiger partial charge in [0.25, 0.3) is 0 Å². The third-order valence-electron chi connectivity index (χ3n) is 3.63. The SMILES string of the molecule is CC(=O)[C@@H](CC(N)=O)NC(=O)[C@@H](CCC(=O)O)CC(=O)[C@H](N)C(C)O. The number of carboxylic acids is 1. The Morgan fingerprint density at radius 1 is 1.12 bits per heavy atom. The van der Waals surface area contributed by atoms with Crippen molar-refractivity contribution in [3.63, 3.8) is 0 Å². The first kappa shape index (κ1) is 22.7. The molecule has 142 valence electrons. The third-order valence-corrected chi connectivity index (χ3v) is 3.63. The number of carbonyl (C=O) groups excluding carboxylic acids is 4. The number of nitrogens with one attached hydrogen (secondary N) is 1. The lowest BCUT2D eigenvalue weighted by Crippen LogP contribution is -2.47. The van der Waals surface area contributed by atoms with Gasteiger partial charge in [0.05, 0.1) is 24.6 Å². The van der Waals surface area contributed by atoms with E-state index in [1.54, 1.807) is 0 Å². The van der Waals surface area contributed by atoms with Crippen molar-refractivity contribution < 1.29 is 34.2 Å². The Labute approximate surface area is 144 Å². The molecule has 0 spiro atoms. The average Bonchev–Trinajstić information content (AvgIpc) is 2.48. The summed E-state index contributed by atoms with van der Waals surface area (Å²) in [6.45, 7) is 2.47. The van der Waals surface area contributed by atoms with Gasteiger partial charge < -0.3 is 27.0 Å². The fraction of sp³-hybridized carbons (Fsp3) is 0.667. The minimum absolute atomic E-state index is 0.166. The van der Waals surface area contributed by atoms with Crippen molar-refractivity contribution in [3.05, 3.63) is 0 Å². The van der Waals surface area contributed by atoms with Gasteiger partial charge in [0.15, 0.2) is 11.6 Å². The molecule has 7 N–H and O–H groups in total. The summed E-state index contributed by atoms with van der Waals surface area (Å²) >= 11 is 0. The zero-order chi connectivity index (χ0) is 19.7. The van der Waals surface area contributed by atoms with E-state index in [0.717, 1.165) is 6.92 Å². The van der Waals surface area contributed by atoms with Crippen LogP contribution in [0, 0.1) is 5.92 Å². The second kappa shape index (κ2) is 10.5. The molecule has 0 saturated heterocycles. The number of amides is 2. The number of aliphatic hydroxyl groups excluding tert-OH is 1. The monoisotopic (exact) mass is 359 g/mol. The molecular formula is C15H25N3O7. The first-order chi connectivity index (χ1) is 11.5. The summed E-state index contributed by atoms with van der Waals surface area (Å²) in [6, 6.07) is -2.37. The van der Waals surface area contributed by atoms with Crippen molar-refractivity contribution in [1.82, 2.24) is 5.32 Å². The van der Waals surface area contributed by atoms with Crippen molar-refractivity contribution in [3.8, 4) is 0 Å². The second-order valence-electron chi connectivity index (χ2n) is 5.91. The fourth-order valence-corrected chi connectivity index (χ4v) is 2.06. The number of primary amides is 1. The van der Waals surface area contributed by atoms with E-state index in [0.29, 0.717) is 0 Å². The summed E-state index contributed by atoms with van der Waals surface area (Å²) in [5.41, 5.74) is 10.5. The molecule has 0 aliphatic carbocycles. The molecule has 0 aromatic carbocycles. The predicted octanol–water partition coefficient (Wildman–Crippen LogP) is -1.92. The average molecular weight is 359 g/mol. The second-order valence-corrected chi connectivity index (χ2v) is 5.91. The molecule has 10 nitrogen and oxygen atoms in total. The van der Waals surface area contributed by atoms with E-state index < -0.39 is 66.3 Å². The van der Waals surface area contributed by atoms with Gasteiger partial charge in [0, 0.05) is 18.8 Å². The highest BCUT2D eigenvalue weighted by molar-refractivity contribution is 5.94. The van der Waals surface area contributed by atoms with E-state index >= 15 is 0 Å². The molecule has 25 heavy (non-hydrogen) atoms. The maximum absolute atomic E-state index is 12.3. The number of rotatable bonds is 12. The number of carbonyl (C=O) groups is 5. The first-order valence-electron chi connectivity index (χ1n) is 7.73. The quantitative estimate of drug-likeness (QED) is 0.266. The number of aliphatic carboxylic acids is 1. The van der Waals surface area contributed by atoms with Crippen LogP contribution in [0.5, 0.6) is 0 Å². The molecule has 0 aliphatic rings. The van der Waals surface area contributed by atoms with Gasteiger partial charge in [-0.1, -0.05) is 0 Å². The predicted molar refractivity (Wildman–Crippen MR) is 86.1 cm³/mol. The van der Waals surface area contributed by atoms with Crippen LogP contribution in [0.15, 0.2) is 0 Å². The molecule has 0 aromatic rings. The van der Waals surface area contributed by atoms with E-state index in [2.05, 4.69) is 5.32 Å². The van der Waals surface area contributed by atoms with Crippen LogP contribution in [0.1, 0.15) is 39.5 Å². The smallest absolute Gasteiger partial charge is 0.303 e. The summed E-state index contributed by atoms with van der Waals surface area (Å²) in [5, 5.41) is 20.4. The van der Waals surface area contributed by atoms with Gasteiger partial charge >= 0.3 is 5.97 Å². The normalized spacial score (nSPS) is 15.5. The number of hydrogen-bond acceptors (Lipinski definition) is 7. The number of ketones is 2. The van der Waals surface area contributed by atoms with Crippen LogP contribution in [-0.2, 0) is 24.0 Å². The Morgan fingerprint density at radius 3 is 2.08 bits per heavy atom. The molecule has 0 heterocycles. The molecule has 0 fully saturated rings. The molecule has 0 radical (unpaired) electrons. The summed E-state index contributed by atoms with van der Waals surface area (Å²) < 4.78 is 0. The van der Waals surface area contributed by atoms with Gasteiger partial charge in [-0.05, 0) is 20.3 Å². The minimum atomic E-state index is -1.21. The van der Waals surface area contributed by atoms with Crippen LogP contribution < -0.4 is 16.8 Å². The minimum Gasteiger partial charge on any atom is -0.481 e. The van der Waals surface area contributed by atoms with Crippen LogP contribution in [0.3, 0.4) is 0 Å². The summed E-state index contributed by atoms with van der Waals surface area (Å²) in [4.78, 5) is 57.5. The van der Waals surface area contributed by atoms with E-state index in [1.165, 1.54) is 6.92 Å². The van der Waals surface area contributed by atoms with Gasteiger partial charge in [-0.15, -0.1) is 0 Å². The molecule has 0 saturated carbocycles. The molecule has 0 aromatic heterocycles. The van der Waals surface area contributed by atoms with Crippen molar-refractivity contribution in [2.24, 2.45) is 17.4 Å².